The van der Waals surface area contributed by atoms with E-state index in [1.54, 1.807) is 11.8 Å². The van der Waals surface area contributed by atoms with Crippen molar-refractivity contribution < 1.29 is 49.7 Å². The average molecular weight is 322 g/mol. The molecular weight excluding hydrogens is 295 g/mol. The zero-order chi connectivity index (χ0) is 16.1. The SMILES string of the molecule is CCC/C=C/CCC([O-])=NCN(CCC(=O)O)CC(C)O.[Na+]. The van der Waals surface area contributed by atoms with E-state index >= 15 is 0 Å². The topological polar surface area (TPSA) is 96.2 Å². The number of nitrogens with zero attached hydrogens (tertiary/aromatic N) is 2. The van der Waals surface area contributed by atoms with Crippen molar-refractivity contribution in [1.29, 1.82) is 0 Å². The first-order valence-corrected chi connectivity index (χ1v) is 7.43. The molecule has 0 aromatic heterocycles. The molecule has 0 bridgehead atoms. The number of carbonyl (C=O) groups is 1. The molecule has 0 aliphatic rings. The molecule has 22 heavy (non-hydrogen) atoms. The van der Waals surface area contributed by atoms with Crippen LogP contribution in [-0.4, -0.2) is 52.8 Å². The fourth-order valence-electron chi connectivity index (χ4n) is 1.71. The third kappa shape index (κ3) is 16.0. The summed E-state index contributed by atoms with van der Waals surface area (Å²) in [5, 5.41) is 29.6. The number of hydrogen-bond acceptors (Lipinski definition) is 5. The molecule has 0 aliphatic carbocycles. The summed E-state index contributed by atoms with van der Waals surface area (Å²) in [7, 11) is 0. The van der Waals surface area contributed by atoms with E-state index in [4.69, 9.17) is 5.11 Å². The molecular formula is C15H27N2NaO4. The largest absolute Gasteiger partial charge is 1.00 e. The van der Waals surface area contributed by atoms with Crippen molar-refractivity contribution in [3.05, 3.63) is 12.2 Å². The van der Waals surface area contributed by atoms with Crippen molar-refractivity contribution >= 4 is 11.9 Å². The fraction of sp³-hybridized carbons (Fsp3) is 0.733. The number of aliphatic hydroxyl groups excluding tert-OH is 1. The molecule has 0 fully saturated rings. The monoisotopic (exact) mass is 322 g/mol. The normalized spacial score (nSPS) is 13.4. The summed E-state index contributed by atoms with van der Waals surface area (Å²) in [6.45, 7) is 4.43. The van der Waals surface area contributed by atoms with Crippen LogP contribution in [0.4, 0.5) is 0 Å². The Morgan fingerprint density at radius 2 is 1.95 bits per heavy atom. The van der Waals surface area contributed by atoms with Gasteiger partial charge in [0.25, 0.3) is 0 Å². The van der Waals surface area contributed by atoms with E-state index in [-0.39, 0.29) is 55.1 Å². The van der Waals surface area contributed by atoms with Crippen molar-refractivity contribution in [2.24, 2.45) is 4.99 Å². The van der Waals surface area contributed by atoms with Crippen LogP contribution in [0.5, 0.6) is 0 Å². The maximum absolute atomic E-state index is 11.6. The Morgan fingerprint density at radius 3 is 2.50 bits per heavy atom. The van der Waals surface area contributed by atoms with Gasteiger partial charge in [-0.3, -0.25) is 14.7 Å². The van der Waals surface area contributed by atoms with Crippen LogP contribution < -0.4 is 34.7 Å². The predicted molar refractivity (Wildman–Crippen MR) is 81.1 cm³/mol. The van der Waals surface area contributed by atoms with Crippen molar-refractivity contribution in [1.82, 2.24) is 4.90 Å². The van der Waals surface area contributed by atoms with Crippen LogP contribution in [0.25, 0.3) is 0 Å². The number of allylic oxidation sites excluding steroid dienone is 2. The van der Waals surface area contributed by atoms with Crippen LogP contribution in [0.3, 0.4) is 0 Å². The number of rotatable bonds is 12. The van der Waals surface area contributed by atoms with Gasteiger partial charge in [-0.15, -0.1) is 0 Å². The number of carboxylic acids is 1. The van der Waals surface area contributed by atoms with Crippen LogP contribution in [0.1, 0.15) is 46.0 Å². The number of aliphatic imine (C=N–C) groups is 1. The summed E-state index contributed by atoms with van der Waals surface area (Å²) in [6, 6.07) is 0. The molecule has 0 spiro atoms. The van der Waals surface area contributed by atoms with E-state index in [0.717, 1.165) is 12.8 Å². The Bertz CT molecular complexity index is 346. The molecule has 0 aromatic rings. The summed E-state index contributed by atoms with van der Waals surface area (Å²) in [5.41, 5.74) is 0. The van der Waals surface area contributed by atoms with Gasteiger partial charge in [0.2, 0.25) is 0 Å². The molecule has 0 aromatic carbocycles. The van der Waals surface area contributed by atoms with Crippen molar-refractivity contribution in [2.75, 3.05) is 19.8 Å². The summed E-state index contributed by atoms with van der Waals surface area (Å²) in [6.07, 6.45) is 6.57. The minimum atomic E-state index is -0.905. The second-order valence-electron chi connectivity index (χ2n) is 5.06. The van der Waals surface area contributed by atoms with Crippen LogP contribution in [0, 0.1) is 0 Å². The van der Waals surface area contributed by atoms with Gasteiger partial charge in [0.1, 0.15) is 0 Å². The average Bonchev–Trinajstić information content (AvgIpc) is 2.41. The third-order valence-electron chi connectivity index (χ3n) is 2.76. The van der Waals surface area contributed by atoms with E-state index in [1.807, 2.05) is 6.08 Å². The van der Waals surface area contributed by atoms with Crippen molar-refractivity contribution in [3.8, 4) is 0 Å². The first kappa shape index (κ1) is 23.9. The first-order chi connectivity index (χ1) is 9.95. The summed E-state index contributed by atoms with van der Waals surface area (Å²) >= 11 is 0. The maximum atomic E-state index is 11.6. The molecule has 2 N–H and O–H groups in total. The molecule has 7 heteroatoms. The van der Waals surface area contributed by atoms with E-state index < -0.39 is 12.1 Å². The second kappa shape index (κ2) is 15.5. The number of unbranched alkanes of at least 4 members (excludes halogenated alkanes) is 1. The van der Waals surface area contributed by atoms with Crippen LogP contribution >= 0.6 is 0 Å². The van der Waals surface area contributed by atoms with Crippen molar-refractivity contribution in [2.45, 2.75) is 52.1 Å². The number of hydrogen-bond donors (Lipinski definition) is 2. The minimum Gasteiger partial charge on any atom is -0.862 e. The molecule has 0 rings (SSSR count). The molecule has 0 aliphatic heterocycles. The number of carboxylic acid groups (broad SMARTS) is 1. The van der Waals surface area contributed by atoms with Gasteiger partial charge < -0.3 is 15.3 Å². The molecule has 0 saturated heterocycles. The van der Waals surface area contributed by atoms with Gasteiger partial charge in [-0.25, -0.2) is 0 Å². The summed E-state index contributed by atoms with van der Waals surface area (Å²) in [5.74, 6) is -1.10. The van der Waals surface area contributed by atoms with E-state index in [9.17, 15) is 15.0 Å². The zero-order valence-corrected chi connectivity index (χ0v) is 16.0. The van der Waals surface area contributed by atoms with Gasteiger partial charge in [-0.05, 0) is 32.1 Å². The maximum Gasteiger partial charge on any atom is 1.00 e. The molecule has 0 heterocycles. The Labute approximate surface area is 155 Å². The van der Waals surface area contributed by atoms with Gasteiger partial charge in [0.05, 0.1) is 19.2 Å². The molecule has 122 valence electrons. The Kier molecular flexibility index (Phi) is 16.8. The van der Waals surface area contributed by atoms with Crippen molar-refractivity contribution in [3.63, 3.8) is 0 Å². The standard InChI is InChI=1S/C15H28N2O4.Na/c1-3-4-5-6-7-8-14(19)16-12-17(11-13(2)18)10-9-15(20)21;/h5-6,13,18H,3-4,7-12H2,1-2H3,(H,16,19)(H,20,21);/q;+1/p-1/b6-5+;. The minimum absolute atomic E-state index is 0. The van der Waals surface area contributed by atoms with Gasteiger partial charge in [0, 0.05) is 13.1 Å². The molecule has 1 unspecified atom stereocenters. The molecule has 1 atom stereocenters. The van der Waals surface area contributed by atoms with Gasteiger partial charge in [0.15, 0.2) is 0 Å². The third-order valence-corrected chi connectivity index (χ3v) is 2.76. The molecule has 6 nitrogen and oxygen atoms in total. The molecule has 0 saturated carbocycles. The first-order valence-electron chi connectivity index (χ1n) is 7.43. The van der Waals surface area contributed by atoms with Crippen LogP contribution in [0.2, 0.25) is 0 Å². The van der Waals surface area contributed by atoms with E-state index in [2.05, 4.69) is 18.0 Å². The predicted octanol–water partition coefficient (Wildman–Crippen LogP) is -2.00. The van der Waals surface area contributed by atoms with Gasteiger partial charge >= 0.3 is 35.5 Å². The second-order valence-corrected chi connectivity index (χ2v) is 5.06. The van der Waals surface area contributed by atoms with Crippen LogP contribution in [-0.2, 0) is 4.79 Å². The Hall–Kier alpha value is -0.400. The van der Waals surface area contributed by atoms with E-state index in [0.29, 0.717) is 19.4 Å². The number of aliphatic hydroxyl groups is 1. The van der Waals surface area contributed by atoms with E-state index in [1.165, 1.54) is 0 Å². The smallest absolute Gasteiger partial charge is 0.862 e. The zero-order valence-electron chi connectivity index (χ0n) is 14.0. The van der Waals surface area contributed by atoms with Gasteiger partial charge in [-0.1, -0.05) is 25.5 Å². The number of aliphatic carboxylic acids is 1. The molecule has 0 radical (unpaired) electrons. The fourth-order valence-corrected chi connectivity index (χ4v) is 1.71. The Balaban J connectivity index is 0. The quantitative estimate of drug-likeness (QED) is 0.188. The summed E-state index contributed by atoms with van der Waals surface area (Å²) < 4.78 is 0. The van der Waals surface area contributed by atoms with Gasteiger partial charge in [-0.2, -0.15) is 0 Å². The Morgan fingerprint density at radius 1 is 1.32 bits per heavy atom. The molecule has 0 amide bonds. The summed E-state index contributed by atoms with van der Waals surface area (Å²) in [4.78, 5) is 16.2. The van der Waals surface area contributed by atoms with Crippen LogP contribution in [0.15, 0.2) is 17.1 Å².